The van der Waals surface area contributed by atoms with Gasteiger partial charge in [-0.3, -0.25) is 0 Å². The predicted molar refractivity (Wildman–Crippen MR) is 116 cm³/mol. The Kier molecular flexibility index (Phi) is 8.14. The molecule has 0 aromatic heterocycles. The molecule has 0 heterocycles. The summed E-state index contributed by atoms with van der Waals surface area (Å²) < 4.78 is 5.28. The van der Waals surface area contributed by atoms with E-state index in [0.717, 1.165) is 24.0 Å². The monoisotopic (exact) mass is 432 g/mol. The maximum atomic E-state index is 10.7. The Morgan fingerprint density at radius 2 is 1.73 bits per heavy atom. The summed E-state index contributed by atoms with van der Waals surface area (Å²) in [6.07, 6.45) is 3.25. The van der Waals surface area contributed by atoms with Crippen LogP contribution in [0.5, 0.6) is 5.75 Å². The second-order valence-electron chi connectivity index (χ2n) is 8.01. The lowest BCUT2D eigenvalue weighted by Gasteiger charge is -2.24. The second kappa shape index (κ2) is 10.8. The molecule has 1 saturated carbocycles. The van der Waals surface area contributed by atoms with Crippen LogP contribution in [0.15, 0.2) is 48.5 Å². The van der Waals surface area contributed by atoms with Gasteiger partial charge in [0.2, 0.25) is 0 Å². The SMILES string of the molecule is O=C(O)COc1cccc(C[C@H]2C(O)CC(Cl)[C@@H]2CCc2ccc(CCO)cc2)c1. The molecule has 2 aromatic carbocycles. The Labute approximate surface area is 182 Å². The zero-order valence-corrected chi connectivity index (χ0v) is 17.7. The van der Waals surface area contributed by atoms with Crippen molar-refractivity contribution < 1.29 is 24.9 Å². The highest BCUT2D eigenvalue weighted by atomic mass is 35.5. The van der Waals surface area contributed by atoms with Gasteiger partial charge in [-0.1, -0.05) is 36.4 Å². The third-order valence-electron chi connectivity index (χ3n) is 5.90. The smallest absolute Gasteiger partial charge is 0.341 e. The van der Waals surface area contributed by atoms with Crippen LogP contribution in [0.1, 0.15) is 29.5 Å². The molecule has 0 saturated heterocycles. The molecular formula is C24H29ClO5. The number of ether oxygens (including phenoxy) is 1. The summed E-state index contributed by atoms with van der Waals surface area (Å²) in [5.41, 5.74) is 3.35. The van der Waals surface area contributed by atoms with Crippen molar-refractivity contribution in [3.63, 3.8) is 0 Å². The van der Waals surface area contributed by atoms with Crippen molar-refractivity contribution in [1.82, 2.24) is 0 Å². The molecular weight excluding hydrogens is 404 g/mol. The minimum Gasteiger partial charge on any atom is -0.482 e. The van der Waals surface area contributed by atoms with Crippen LogP contribution >= 0.6 is 11.6 Å². The molecule has 1 aliphatic carbocycles. The number of rotatable bonds is 10. The average molecular weight is 433 g/mol. The Morgan fingerprint density at radius 3 is 2.40 bits per heavy atom. The van der Waals surface area contributed by atoms with E-state index in [0.29, 0.717) is 25.0 Å². The summed E-state index contributed by atoms with van der Waals surface area (Å²) in [7, 11) is 0. The van der Waals surface area contributed by atoms with Crippen molar-refractivity contribution >= 4 is 17.6 Å². The van der Waals surface area contributed by atoms with Crippen LogP contribution in [-0.2, 0) is 24.1 Å². The quantitative estimate of drug-likeness (QED) is 0.500. The van der Waals surface area contributed by atoms with Gasteiger partial charge in [-0.05, 0) is 72.8 Å². The fourth-order valence-electron chi connectivity index (χ4n) is 4.33. The lowest BCUT2D eigenvalue weighted by atomic mass is 9.84. The van der Waals surface area contributed by atoms with Crippen molar-refractivity contribution in [2.45, 2.75) is 43.6 Å². The van der Waals surface area contributed by atoms with Crippen LogP contribution in [0.3, 0.4) is 0 Å². The van der Waals surface area contributed by atoms with E-state index >= 15 is 0 Å². The van der Waals surface area contributed by atoms with Crippen LogP contribution in [0.2, 0.25) is 0 Å². The molecule has 3 rings (SSSR count). The van der Waals surface area contributed by atoms with Gasteiger partial charge in [-0.15, -0.1) is 11.6 Å². The first-order valence-corrected chi connectivity index (χ1v) is 10.8. The number of hydrogen-bond donors (Lipinski definition) is 3. The molecule has 5 nitrogen and oxygen atoms in total. The van der Waals surface area contributed by atoms with Crippen LogP contribution in [0, 0.1) is 11.8 Å². The molecule has 2 aromatic rings. The summed E-state index contributed by atoms with van der Waals surface area (Å²) in [5.74, 6) is -0.247. The van der Waals surface area contributed by atoms with Gasteiger partial charge in [0, 0.05) is 12.0 Å². The lowest BCUT2D eigenvalue weighted by molar-refractivity contribution is -0.139. The number of benzene rings is 2. The zero-order valence-electron chi connectivity index (χ0n) is 16.9. The maximum absolute atomic E-state index is 10.7. The molecule has 4 atom stereocenters. The standard InChI is InChI=1S/C24H29ClO5/c25-22-14-23(27)21(13-18-2-1-3-19(12-18)30-15-24(28)29)20(22)9-8-16-4-6-17(7-5-16)10-11-26/h1-7,12,20-23,26-27H,8-11,13-15H2,(H,28,29)/t20-,21-,22?,23?/m1/s1. The van der Waals surface area contributed by atoms with Crippen molar-refractivity contribution in [2.75, 3.05) is 13.2 Å². The molecule has 0 radical (unpaired) electrons. The number of alkyl halides is 1. The first-order valence-electron chi connectivity index (χ1n) is 10.4. The van der Waals surface area contributed by atoms with E-state index in [9.17, 15) is 9.90 Å². The molecule has 1 aliphatic rings. The van der Waals surface area contributed by atoms with Crippen LogP contribution in [0.25, 0.3) is 0 Å². The third-order valence-corrected chi connectivity index (χ3v) is 6.40. The first-order chi connectivity index (χ1) is 14.5. The highest BCUT2D eigenvalue weighted by molar-refractivity contribution is 6.21. The van der Waals surface area contributed by atoms with Gasteiger partial charge < -0.3 is 20.1 Å². The molecule has 1 fully saturated rings. The number of carboxylic acids is 1. The van der Waals surface area contributed by atoms with Gasteiger partial charge >= 0.3 is 5.97 Å². The van der Waals surface area contributed by atoms with Crippen molar-refractivity contribution in [3.05, 3.63) is 65.2 Å². The topological polar surface area (TPSA) is 87.0 Å². The molecule has 6 heteroatoms. The number of halogens is 1. The highest BCUT2D eigenvalue weighted by Gasteiger charge is 2.41. The number of aliphatic hydroxyl groups is 2. The summed E-state index contributed by atoms with van der Waals surface area (Å²) in [5, 5.41) is 28.4. The molecule has 3 N–H and O–H groups in total. The molecule has 0 spiro atoms. The van der Waals surface area contributed by atoms with Crippen LogP contribution in [0.4, 0.5) is 0 Å². The summed E-state index contributed by atoms with van der Waals surface area (Å²) in [4.78, 5) is 10.7. The van der Waals surface area contributed by atoms with Crippen molar-refractivity contribution in [2.24, 2.45) is 11.8 Å². The van der Waals surface area contributed by atoms with E-state index in [1.54, 1.807) is 6.07 Å². The Hall–Kier alpha value is -2.08. The third kappa shape index (κ3) is 6.21. The van der Waals surface area contributed by atoms with Gasteiger partial charge in [-0.25, -0.2) is 4.79 Å². The van der Waals surface area contributed by atoms with Gasteiger partial charge in [0.15, 0.2) is 6.61 Å². The summed E-state index contributed by atoms with van der Waals surface area (Å²) in [6.45, 7) is -0.226. The Morgan fingerprint density at radius 1 is 1.03 bits per heavy atom. The Bertz CT molecular complexity index is 823. The largest absolute Gasteiger partial charge is 0.482 e. The number of aryl methyl sites for hydroxylation is 1. The van der Waals surface area contributed by atoms with Gasteiger partial charge in [0.1, 0.15) is 5.75 Å². The van der Waals surface area contributed by atoms with Crippen molar-refractivity contribution in [1.29, 1.82) is 0 Å². The van der Waals surface area contributed by atoms with E-state index in [1.165, 1.54) is 5.56 Å². The Balaban J connectivity index is 1.63. The second-order valence-corrected chi connectivity index (χ2v) is 8.57. The van der Waals surface area contributed by atoms with E-state index in [4.69, 9.17) is 26.6 Å². The fourth-order valence-corrected chi connectivity index (χ4v) is 4.83. The van der Waals surface area contributed by atoms with Gasteiger partial charge in [0.25, 0.3) is 0 Å². The van der Waals surface area contributed by atoms with Gasteiger partial charge in [0.05, 0.1) is 6.10 Å². The number of carbonyl (C=O) groups is 1. The summed E-state index contributed by atoms with van der Waals surface area (Å²) >= 11 is 6.60. The number of aliphatic hydroxyl groups excluding tert-OH is 2. The minimum absolute atomic E-state index is 0.0517. The van der Waals surface area contributed by atoms with E-state index < -0.39 is 12.1 Å². The van der Waals surface area contributed by atoms with Crippen LogP contribution < -0.4 is 4.74 Å². The average Bonchev–Trinajstić information content (AvgIpc) is 2.99. The van der Waals surface area contributed by atoms with E-state index in [2.05, 4.69) is 12.1 Å². The minimum atomic E-state index is -1.01. The highest BCUT2D eigenvalue weighted by Crippen LogP contribution is 2.41. The molecule has 0 bridgehead atoms. The van der Waals surface area contributed by atoms with Crippen molar-refractivity contribution in [3.8, 4) is 5.75 Å². The fraction of sp³-hybridized carbons (Fsp3) is 0.458. The molecule has 30 heavy (non-hydrogen) atoms. The predicted octanol–water partition coefficient (Wildman–Crippen LogP) is 3.46. The van der Waals surface area contributed by atoms with E-state index in [1.807, 2.05) is 30.3 Å². The molecule has 0 amide bonds. The van der Waals surface area contributed by atoms with Crippen LogP contribution in [-0.4, -0.2) is 46.0 Å². The lowest BCUT2D eigenvalue weighted by Crippen LogP contribution is -2.23. The molecule has 0 aliphatic heterocycles. The van der Waals surface area contributed by atoms with E-state index in [-0.39, 0.29) is 30.4 Å². The molecule has 2 unspecified atom stereocenters. The maximum Gasteiger partial charge on any atom is 0.341 e. The van der Waals surface area contributed by atoms with Gasteiger partial charge in [-0.2, -0.15) is 0 Å². The number of aliphatic carboxylic acids is 1. The first kappa shape index (κ1) is 22.6. The summed E-state index contributed by atoms with van der Waals surface area (Å²) in [6, 6.07) is 15.7. The normalized spacial score (nSPS) is 23.4. The zero-order chi connectivity index (χ0) is 21.5. The number of carboxylic acid groups (broad SMARTS) is 1. The molecule has 162 valence electrons. The number of hydrogen-bond acceptors (Lipinski definition) is 4.